The molecule has 3 aliphatic rings. The third-order valence-corrected chi connectivity index (χ3v) is 16.0. The van der Waals surface area contributed by atoms with E-state index in [-0.39, 0.29) is 11.8 Å². The van der Waals surface area contributed by atoms with E-state index in [0.29, 0.717) is 0 Å². The van der Waals surface area contributed by atoms with E-state index in [1.807, 2.05) is 11.3 Å². The second-order valence-electron chi connectivity index (χ2n) is 18.3. The van der Waals surface area contributed by atoms with E-state index in [1.54, 1.807) is 0 Å². The fraction of sp³-hybridized carbons (Fsp3) is 0.0312. The van der Waals surface area contributed by atoms with Gasteiger partial charge in [0, 0.05) is 48.0 Å². The van der Waals surface area contributed by atoms with Gasteiger partial charge in [0.15, 0.2) is 0 Å². The van der Waals surface area contributed by atoms with E-state index < -0.39 is 0 Å². The molecular weight excluding hydrogens is 831 g/mol. The van der Waals surface area contributed by atoms with Crippen LogP contribution in [0, 0.1) is 0 Å². The molecule has 3 heteroatoms. The van der Waals surface area contributed by atoms with Crippen molar-refractivity contribution in [3.05, 3.63) is 240 Å². The maximum Gasteiger partial charge on any atom is 0.130 e. The zero-order valence-electron chi connectivity index (χ0n) is 36.3. The van der Waals surface area contributed by atoms with Crippen molar-refractivity contribution in [3.8, 4) is 55.9 Å². The lowest BCUT2D eigenvalue weighted by molar-refractivity contribution is 0.422. The predicted molar refractivity (Wildman–Crippen MR) is 282 cm³/mol. The van der Waals surface area contributed by atoms with E-state index in [0.717, 1.165) is 11.5 Å². The zero-order chi connectivity index (χ0) is 43.7. The summed E-state index contributed by atoms with van der Waals surface area (Å²) in [5, 5.41) is 7.72. The molecule has 67 heavy (non-hydrogen) atoms. The molecule has 2 aromatic heterocycles. The summed E-state index contributed by atoms with van der Waals surface area (Å²) in [5.74, 6) is 2.36. The van der Waals surface area contributed by atoms with Crippen LogP contribution in [0.1, 0.15) is 34.1 Å². The van der Waals surface area contributed by atoms with Gasteiger partial charge in [-0.3, -0.25) is 0 Å². The first-order valence-electron chi connectivity index (χ1n) is 23.2. The Morgan fingerprint density at radius 3 is 2.00 bits per heavy atom. The van der Waals surface area contributed by atoms with Crippen LogP contribution in [0.15, 0.2) is 218 Å². The summed E-state index contributed by atoms with van der Waals surface area (Å²) < 4.78 is 11.8. The second kappa shape index (κ2) is 14.1. The number of fused-ring (bicyclic) bond motifs is 10. The van der Waals surface area contributed by atoms with Crippen LogP contribution in [-0.4, -0.2) is 4.57 Å². The van der Waals surface area contributed by atoms with Crippen LogP contribution in [0.25, 0.3) is 115 Å². The molecule has 0 saturated carbocycles. The molecule has 10 aromatic carbocycles. The quantitative estimate of drug-likeness (QED) is 0.168. The van der Waals surface area contributed by atoms with Crippen molar-refractivity contribution in [2.45, 2.75) is 11.8 Å². The molecule has 2 nitrogen and oxygen atoms in total. The Morgan fingerprint density at radius 1 is 0.478 bits per heavy atom. The third kappa shape index (κ3) is 5.44. The standard InChI is InChI=1S/C64H39NOS/c1-2-12-38(13-3-1)45-16-4-5-17-46(45)39-24-26-40(27-25-39)47-20-11-21-49-53-35-43(30-33-60(53)67-64(47)49)42-29-32-56-52(34-42)48-18-6-8-22-55(48)65(56)57-36-44-15-10-14-41-28-31-51-62-50-19-7-9-23-58(50)66-59(62)37-54(57)63(51)61(41)44/h1-37,51,62H. The molecule has 0 N–H and O–H groups in total. The minimum Gasteiger partial charge on any atom is -0.461 e. The second-order valence-corrected chi connectivity index (χ2v) is 19.3. The molecular formula is C64H39NOS. The Balaban J connectivity index is 0.842. The van der Waals surface area contributed by atoms with Crippen molar-refractivity contribution < 1.29 is 4.74 Å². The van der Waals surface area contributed by atoms with E-state index >= 15 is 0 Å². The summed E-state index contributed by atoms with van der Waals surface area (Å²) in [6.45, 7) is 0. The van der Waals surface area contributed by atoms with Crippen molar-refractivity contribution in [2.75, 3.05) is 0 Å². The first kappa shape index (κ1) is 37.0. The van der Waals surface area contributed by atoms with Crippen LogP contribution in [0.5, 0.6) is 5.75 Å². The SMILES string of the molecule is C1=CC2c3c(c(-n4c5ccccc5c5cc(-c6ccc7sc8c(-c9ccc(-c%10ccccc%10-c%10ccccc%10)cc9)cccc8c7c6)ccc54)cc4cccc1c34)C=C1Oc3ccccc3C12. The average molecular weight is 870 g/mol. The van der Waals surface area contributed by atoms with Gasteiger partial charge in [0.1, 0.15) is 11.5 Å². The molecule has 15 rings (SSSR count). The zero-order valence-corrected chi connectivity index (χ0v) is 37.1. The Bertz CT molecular complexity index is 4130. The van der Waals surface area contributed by atoms with Crippen LogP contribution < -0.4 is 4.74 Å². The van der Waals surface area contributed by atoms with Crippen molar-refractivity contribution in [2.24, 2.45) is 0 Å². The van der Waals surface area contributed by atoms with Crippen LogP contribution >= 0.6 is 11.3 Å². The van der Waals surface area contributed by atoms with Crippen molar-refractivity contribution in [1.82, 2.24) is 4.57 Å². The lowest BCUT2D eigenvalue weighted by Gasteiger charge is -2.33. The minimum absolute atomic E-state index is 0.164. The normalized spacial score (nSPS) is 15.6. The maximum atomic E-state index is 6.68. The Kier molecular flexibility index (Phi) is 7.81. The average Bonchev–Trinajstić information content (AvgIpc) is 4.07. The fourth-order valence-electron chi connectivity index (χ4n) is 11.8. The van der Waals surface area contributed by atoms with Gasteiger partial charge in [0.05, 0.1) is 22.6 Å². The molecule has 0 amide bonds. The molecule has 0 bridgehead atoms. The number of para-hydroxylation sites is 2. The summed E-state index contributed by atoms with van der Waals surface area (Å²) in [4.78, 5) is 0. The van der Waals surface area contributed by atoms with Gasteiger partial charge in [0.2, 0.25) is 0 Å². The third-order valence-electron chi connectivity index (χ3n) is 14.8. The number of ether oxygens (including phenoxy) is 1. The number of benzene rings is 10. The summed E-state index contributed by atoms with van der Waals surface area (Å²) >= 11 is 1.89. The van der Waals surface area contributed by atoms with Gasteiger partial charge in [-0.15, -0.1) is 11.3 Å². The van der Waals surface area contributed by atoms with Crippen molar-refractivity contribution >= 4 is 76.2 Å². The lowest BCUT2D eigenvalue weighted by Crippen LogP contribution is -2.19. The topological polar surface area (TPSA) is 14.2 Å². The predicted octanol–water partition coefficient (Wildman–Crippen LogP) is 17.6. The largest absolute Gasteiger partial charge is 0.461 e. The van der Waals surface area contributed by atoms with E-state index in [4.69, 9.17) is 4.74 Å². The molecule has 0 fully saturated rings. The molecule has 2 atom stereocenters. The molecule has 312 valence electrons. The number of rotatable bonds is 5. The fourth-order valence-corrected chi connectivity index (χ4v) is 13.0. The van der Waals surface area contributed by atoms with Gasteiger partial charge < -0.3 is 9.30 Å². The number of thiophene rings is 1. The van der Waals surface area contributed by atoms with Gasteiger partial charge in [-0.1, -0.05) is 176 Å². The minimum atomic E-state index is 0.164. The molecule has 3 heterocycles. The summed E-state index contributed by atoms with van der Waals surface area (Å²) in [6, 6.07) is 76.1. The molecule has 2 aliphatic carbocycles. The molecule has 1 aliphatic heterocycles. The van der Waals surface area contributed by atoms with Crippen LogP contribution in [-0.2, 0) is 0 Å². The highest BCUT2D eigenvalue weighted by atomic mass is 32.1. The van der Waals surface area contributed by atoms with Crippen molar-refractivity contribution in [1.29, 1.82) is 0 Å². The summed E-state index contributed by atoms with van der Waals surface area (Å²) in [5.41, 5.74) is 18.7. The van der Waals surface area contributed by atoms with Crippen molar-refractivity contribution in [3.63, 3.8) is 0 Å². The number of aromatic nitrogens is 1. The van der Waals surface area contributed by atoms with Gasteiger partial charge in [0.25, 0.3) is 0 Å². The molecule has 0 radical (unpaired) electrons. The molecule has 12 aromatic rings. The van der Waals surface area contributed by atoms with Crippen LogP contribution in [0.3, 0.4) is 0 Å². The number of hydrogen-bond acceptors (Lipinski definition) is 2. The summed E-state index contributed by atoms with van der Waals surface area (Å²) in [6.07, 6.45) is 7.10. The van der Waals surface area contributed by atoms with Gasteiger partial charge in [-0.2, -0.15) is 0 Å². The smallest absolute Gasteiger partial charge is 0.130 e. The first-order chi connectivity index (χ1) is 33.2. The molecule has 0 saturated heterocycles. The lowest BCUT2D eigenvalue weighted by atomic mass is 9.71. The Labute approximate surface area is 391 Å². The number of hydrogen-bond donors (Lipinski definition) is 0. The highest BCUT2D eigenvalue weighted by Gasteiger charge is 2.42. The van der Waals surface area contributed by atoms with Crippen LogP contribution in [0.4, 0.5) is 0 Å². The monoisotopic (exact) mass is 869 g/mol. The molecule has 0 spiro atoms. The van der Waals surface area contributed by atoms with Gasteiger partial charge in [-0.05, 0) is 115 Å². The maximum absolute atomic E-state index is 6.68. The highest BCUT2D eigenvalue weighted by Crippen LogP contribution is 2.57. The number of nitrogens with zero attached hydrogens (tertiary/aromatic N) is 1. The van der Waals surface area contributed by atoms with E-state index in [1.165, 1.54) is 125 Å². The highest BCUT2D eigenvalue weighted by molar-refractivity contribution is 7.26. The van der Waals surface area contributed by atoms with Crippen LogP contribution in [0.2, 0.25) is 0 Å². The van der Waals surface area contributed by atoms with Gasteiger partial charge >= 0.3 is 0 Å². The van der Waals surface area contributed by atoms with Gasteiger partial charge in [-0.25, -0.2) is 0 Å². The molecule has 2 unspecified atom stereocenters. The van der Waals surface area contributed by atoms with E-state index in [9.17, 15) is 0 Å². The first-order valence-corrected chi connectivity index (χ1v) is 24.0. The Hall–Kier alpha value is -8.24. The summed E-state index contributed by atoms with van der Waals surface area (Å²) in [7, 11) is 0. The number of allylic oxidation sites excluding steroid dienone is 2. The van der Waals surface area contributed by atoms with E-state index in [2.05, 4.69) is 229 Å². The Morgan fingerprint density at radius 2 is 1.13 bits per heavy atom.